The van der Waals surface area contributed by atoms with E-state index in [4.69, 9.17) is 4.74 Å². The van der Waals surface area contributed by atoms with Crippen molar-refractivity contribution >= 4 is 5.91 Å². The van der Waals surface area contributed by atoms with Gasteiger partial charge in [0.25, 0.3) is 0 Å². The highest BCUT2D eigenvalue weighted by atomic mass is 16.5. The molecule has 3 aliphatic rings. The maximum absolute atomic E-state index is 12.8. The minimum absolute atomic E-state index is 0.190. The van der Waals surface area contributed by atoms with E-state index in [1.165, 1.54) is 25.7 Å². The van der Waals surface area contributed by atoms with E-state index in [9.17, 15) is 4.79 Å². The van der Waals surface area contributed by atoms with Crippen molar-refractivity contribution in [1.29, 1.82) is 0 Å². The normalized spacial score (nSPS) is 24.6. The van der Waals surface area contributed by atoms with E-state index in [-0.39, 0.29) is 6.10 Å². The average molecular weight is 332 g/mol. The number of nitrogens with one attached hydrogen (secondary N) is 1. The lowest BCUT2D eigenvalue weighted by Crippen LogP contribution is -2.43. The molecule has 3 fully saturated rings. The first-order valence-corrected chi connectivity index (χ1v) is 9.55. The van der Waals surface area contributed by atoms with Crippen LogP contribution in [0.25, 0.3) is 0 Å². The quantitative estimate of drug-likeness (QED) is 0.833. The zero-order chi connectivity index (χ0) is 16.5. The molecule has 0 bridgehead atoms. The van der Waals surface area contributed by atoms with Crippen molar-refractivity contribution in [3.8, 4) is 0 Å². The molecule has 2 aliphatic carbocycles. The SMILES string of the molecule is CCCc1nc(C2CN(C(=O)CC(C3CC3)C3CC3)CCO2)n[nH]1. The van der Waals surface area contributed by atoms with Crippen LogP contribution in [0.3, 0.4) is 0 Å². The summed E-state index contributed by atoms with van der Waals surface area (Å²) in [5.41, 5.74) is 0. The lowest BCUT2D eigenvalue weighted by atomic mass is 9.93. The fourth-order valence-corrected chi connectivity index (χ4v) is 3.93. The molecule has 1 unspecified atom stereocenters. The molecule has 2 heterocycles. The van der Waals surface area contributed by atoms with Crippen LogP contribution in [0.1, 0.15) is 63.2 Å². The van der Waals surface area contributed by atoms with Gasteiger partial charge in [-0.3, -0.25) is 9.89 Å². The zero-order valence-corrected chi connectivity index (χ0v) is 14.5. The molecule has 24 heavy (non-hydrogen) atoms. The minimum Gasteiger partial charge on any atom is -0.366 e. The summed E-state index contributed by atoms with van der Waals surface area (Å²) in [6.45, 7) is 3.98. The van der Waals surface area contributed by atoms with Crippen molar-refractivity contribution in [2.24, 2.45) is 17.8 Å². The summed E-state index contributed by atoms with van der Waals surface area (Å²) in [5.74, 6) is 4.18. The molecule has 2 saturated carbocycles. The van der Waals surface area contributed by atoms with Gasteiger partial charge in [-0.25, -0.2) is 4.98 Å². The van der Waals surface area contributed by atoms with Crippen molar-refractivity contribution in [2.45, 2.75) is 58.0 Å². The Morgan fingerprint density at radius 3 is 2.75 bits per heavy atom. The average Bonchev–Trinajstić information content (AvgIpc) is 3.52. The monoisotopic (exact) mass is 332 g/mol. The molecular weight excluding hydrogens is 304 g/mol. The number of aromatic amines is 1. The van der Waals surface area contributed by atoms with Gasteiger partial charge in [0.1, 0.15) is 11.9 Å². The summed E-state index contributed by atoms with van der Waals surface area (Å²) in [6.07, 6.45) is 7.80. The molecule has 1 atom stereocenters. The molecule has 4 rings (SSSR count). The molecule has 0 radical (unpaired) electrons. The molecule has 1 N–H and O–H groups in total. The van der Waals surface area contributed by atoms with Crippen molar-refractivity contribution in [2.75, 3.05) is 19.7 Å². The molecule has 1 amide bonds. The van der Waals surface area contributed by atoms with Gasteiger partial charge in [0.15, 0.2) is 5.82 Å². The third kappa shape index (κ3) is 3.63. The molecular formula is C18H28N4O2. The highest BCUT2D eigenvalue weighted by molar-refractivity contribution is 5.76. The Balaban J connectivity index is 1.35. The minimum atomic E-state index is -0.190. The number of aromatic nitrogens is 3. The highest BCUT2D eigenvalue weighted by Crippen LogP contribution is 2.50. The topological polar surface area (TPSA) is 71.1 Å². The number of carbonyl (C=O) groups excluding carboxylic acids is 1. The summed E-state index contributed by atoms with van der Waals surface area (Å²) >= 11 is 0. The molecule has 6 heteroatoms. The molecule has 1 saturated heterocycles. The maximum Gasteiger partial charge on any atom is 0.223 e. The number of rotatable bonds is 7. The lowest BCUT2D eigenvalue weighted by molar-refractivity contribution is -0.140. The van der Waals surface area contributed by atoms with Crippen LogP contribution in [-0.2, 0) is 16.0 Å². The Hall–Kier alpha value is -1.43. The van der Waals surface area contributed by atoms with Gasteiger partial charge < -0.3 is 9.64 Å². The number of ether oxygens (including phenoxy) is 1. The van der Waals surface area contributed by atoms with Crippen LogP contribution in [0.15, 0.2) is 0 Å². The Bertz CT molecular complexity index is 567. The van der Waals surface area contributed by atoms with Crippen molar-refractivity contribution in [3.05, 3.63) is 11.6 Å². The lowest BCUT2D eigenvalue weighted by Gasteiger charge is -2.32. The van der Waals surface area contributed by atoms with Crippen LogP contribution < -0.4 is 0 Å². The maximum atomic E-state index is 12.8. The Morgan fingerprint density at radius 1 is 1.33 bits per heavy atom. The number of hydrogen-bond acceptors (Lipinski definition) is 4. The number of hydrogen-bond donors (Lipinski definition) is 1. The van der Waals surface area contributed by atoms with E-state index in [0.717, 1.165) is 36.9 Å². The Labute approximate surface area is 143 Å². The van der Waals surface area contributed by atoms with Crippen molar-refractivity contribution < 1.29 is 9.53 Å². The molecule has 6 nitrogen and oxygen atoms in total. The van der Waals surface area contributed by atoms with Crippen LogP contribution in [-0.4, -0.2) is 45.7 Å². The number of nitrogens with zero attached hydrogens (tertiary/aromatic N) is 3. The molecule has 132 valence electrons. The molecule has 0 spiro atoms. The summed E-state index contributed by atoms with van der Waals surface area (Å²) in [5, 5.41) is 7.27. The van der Waals surface area contributed by atoms with Gasteiger partial charge in [-0.15, -0.1) is 0 Å². The van der Waals surface area contributed by atoms with E-state index in [2.05, 4.69) is 22.1 Å². The van der Waals surface area contributed by atoms with E-state index < -0.39 is 0 Å². The predicted molar refractivity (Wildman–Crippen MR) is 89.2 cm³/mol. The first kappa shape index (κ1) is 16.1. The smallest absolute Gasteiger partial charge is 0.223 e. The standard InChI is InChI=1S/C18H28N4O2/c1-2-3-16-19-18(21-20-16)15-11-22(8-9-24-15)17(23)10-14(12-4-5-12)13-6-7-13/h12-15H,2-11H2,1H3,(H,19,20,21). The van der Waals surface area contributed by atoms with Crippen molar-refractivity contribution in [3.63, 3.8) is 0 Å². The summed E-state index contributed by atoms with van der Waals surface area (Å²) in [4.78, 5) is 19.3. The van der Waals surface area contributed by atoms with Crippen LogP contribution in [0.4, 0.5) is 0 Å². The zero-order valence-electron chi connectivity index (χ0n) is 14.5. The fraction of sp³-hybridized carbons (Fsp3) is 0.833. The largest absolute Gasteiger partial charge is 0.366 e. The van der Waals surface area contributed by atoms with Gasteiger partial charge in [-0.1, -0.05) is 6.92 Å². The molecule has 0 aromatic carbocycles. The van der Waals surface area contributed by atoms with Crippen LogP contribution >= 0.6 is 0 Å². The molecule has 1 aliphatic heterocycles. The second-order valence-corrected chi connectivity index (χ2v) is 7.63. The number of carbonyl (C=O) groups is 1. The Kier molecular flexibility index (Phi) is 4.57. The van der Waals surface area contributed by atoms with Gasteiger partial charge in [-0.2, -0.15) is 5.10 Å². The van der Waals surface area contributed by atoms with Crippen LogP contribution in [0.5, 0.6) is 0 Å². The predicted octanol–water partition coefficient (Wildman–Crippen LogP) is 2.48. The Morgan fingerprint density at radius 2 is 2.08 bits per heavy atom. The van der Waals surface area contributed by atoms with Gasteiger partial charge in [0.05, 0.1) is 13.2 Å². The third-order valence-electron chi connectivity index (χ3n) is 5.61. The van der Waals surface area contributed by atoms with Gasteiger partial charge in [0.2, 0.25) is 5.91 Å². The summed E-state index contributed by atoms with van der Waals surface area (Å²) in [7, 11) is 0. The fourth-order valence-electron chi connectivity index (χ4n) is 3.93. The van der Waals surface area contributed by atoms with E-state index in [0.29, 0.717) is 37.3 Å². The van der Waals surface area contributed by atoms with Crippen LogP contribution in [0.2, 0.25) is 0 Å². The van der Waals surface area contributed by atoms with E-state index >= 15 is 0 Å². The first-order valence-electron chi connectivity index (χ1n) is 9.55. The number of morpholine rings is 1. The number of amides is 1. The second kappa shape index (κ2) is 6.82. The summed E-state index contributed by atoms with van der Waals surface area (Å²) in [6, 6.07) is 0. The van der Waals surface area contributed by atoms with Crippen molar-refractivity contribution in [1.82, 2.24) is 20.1 Å². The molecule has 1 aromatic heterocycles. The van der Waals surface area contributed by atoms with Crippen LogP contribution in [0, 0.1) is 17.8 Å². The van der Waals surface area contributed by atoms with Gasteiger partial charge >= 0.3 is 0 Å². The number of H-pyrrole nitrogens is 1. The van der Waals surface area contributed by atoms with Gasteiger partial charge in [0, 0.05) is 19.4 Å². The second-order valence-electron chi connectivity index (χ2n) is 7.63. The van der Waals surface area contributed by atoms with E-state index in [1.54, 1.807) is 0 Å². The van der Waals surface area contributed by atoms with Gasteiger partial charge in [-0.05, 0) is 49.9 Å². The third-order valence-corrected chi connectivity index (χ3v) is 5.61. The highest BCUT2D eigenvalue weighted by Gasteiger charge is 2.43. The van der Waals surface area contributed by atoms with E-state index in [1.807, 2.05) is 4.90 Å². The first-order chi connectivity index (χ1) is 11.7. The summed E-state index contributed by atoms with van der Waals surface area (Å²) < 4.78 is 5.82. The molecule has 1 aromatic rings. The number of aryl methyl sites for hydroxylation is 1.